The monoisotopic (exact) mass is 355 g/mol. The van der Waals surface area contributed by atoms with Crippen LogP contribution in [0.3, 0.4) is 0 Å². The first-order chi connectivity index (χ1) is 12.7. The van der Waals surface area contributed by atoms with Crippen molar-refractivity contribution in [2.75, 3.05) is 11.9 Å². The molecule has 7 heteroatoms. The summed E-state index contributed by atoms with van der Waals surface area (Å²) in [4.78, 5) is 8.37. The molecule has 3 atom stereocenters. The molecule has 3 aromatic rings. The van der Waals surface area contributed by atoms with E-state index >= 15 is 0 Å². The second-order valence-electron chi connectivity index (χ2n) is 6.83. The summed E-state index contributed by atoms with van der Waals surface area (Å²) in [6.45, 7) is 2.59. The summed E-state index contributed by atoms with van der Waals surface area (Å²) in [5.74, 6) is 0.682. The minimum atomic E-state index is -0.966. The van der Waals surface area contributed by atoms with Crippen molar-refractivity contribution in [1.82, 2.24) is 20.2 Å². The van der Waals surface area contributed by atoms with E-state index in [-0.39, 0.29) is 12.1 Å². The zero-order chi connectivity index (χ0) is 17.9. The number of alkyl halides is 1. The maximum Gasteiger partial charge on any atom is 0.160 e. The molecule has 0 radical (unpaired) electrons. The van der Waals surface area contributed by atoms with Crippen LogP contribution in [0.2, 0.25) is 0 Å². The first kappa shape index (κ1) is 16.9. The highest BCUT2D eigenvalue weighted by molar-refractivity contribution is 5.85. The Morgan fingerprint density at radius 3 is 2.92 bits per heavy atom. The molecule has 1 fully saturated rings. The summed E-state index contributed by atoms with van der Waals surface area (Å²) >= 11 is 0. The lowest BCUT2D eigenvalue weighted by molar-refractivity contribution is 0.0163. The van der Waals surface area contributed by atoms with Gasteiger partial charge in [-0.2, -0.15) is 5.10 Å². The molecule has 0 bridgehead atoms. The lowest BCUT2D eigenvalue weighted by Gasteiger charge is -2.15. The molecule has 0 aliphatic heterocycles. The van der Waals surface area contributed by atoms with Crippen molar-refractivity contribution >= 4 is 16.9 Å². The molecule has 1 aromatic carbocycles. The molecule has 136 valence electrons. The Balaban J connectivity index is 1.31. The number of hydrogen-bond acceptors (Lipinski definition) is 5. The first-order valence-electron chi connectivity index (χ1n) is 8.91. The molecule has 0 unspecified atom stereocenters. The van der Waals surface area contributed by atoms with Crippen LogP contribution >= 0.6 is 0 Å². The molecule has 1 saturated carbocycles. The highest BCUT2D eigenvalue weighted by Crippen LogP contribution is 2.29. The molecule has 2 N–H and O–H groups in total. The molecule has 4 rings (SSSR count). The molecule has 1 aliphatic rings. The fraction of sp³-hybridized carbons (Fsp3) is 0.421. The summed E-state index contributed by atoms with van der Waals surface area (Å²) in [6, 6.07) is 8.34. The summed E-state index contributed by atoms with van der Waals surface area (Å²) in [6.07, 6.45) is 3.64. The summed E-state index contributed by atoms with van der Waals surface area (Å²) in [5, 5.41) is 10.9. The van der Waals surface area contributed by atoms with Crippen LogP contribution in [0.4, 0.5) is 10.2 Å². The van der Waals surface area contributed by atoms with Crippen molar-refractivity contribution in [2.45, 2.75) is 44.5 Å². The lowest BCUT2D eigenvalue weighted by atomic mass is 10.1. The van der Waals surface area contributed by atoms with Gasteiger partial charge in [0.1, 0.15) is 18.3 Å². The second kappa shape index (κ2) is 7.37. The minimum absolute atomic E-state index is 0.0117. The third-order valence-corrected chi connectivity index (χ3v) is 4.86. The molecule has 6 nitrogen and oxygen atoms in total. The van der Waals surface area contributed by atoms with Gasteiger partial charge in [-0.1, -0.05) is 29.8 Å². The number of aromatic amines is 1. The third kappa shape index (κ3) is 3.67. The van der Waals surface area contributed by atoms with Crippen LogP contribution in [-0.4, -0.2) is 45.1 Å². The van der Waals surface area contributed by atoms with E-state index in [9.17, 15) is 4.39 Å². The predicted molar refractivity (Wildman–Crippen MR) is 97.8 cm³/mol. The molecule has 0 amide bonds. The Morgan fingerprint density at radius 2 is 2.08 bits per heavy atom. The van der Waals surface area contributed by atoms with Crippen LogP contribution in [0.1, 0.15) is 24.0 Å². The average Bonchev–Trinajstić information content (AvgIpc) is 3.24. The van der Waals surface area contributed by atoms with Crippen molar-refractivity contribution < 1.29 is 9.13 Å². The van der Waals surface area contributed by atoms with E-state index in [4.69, 9.17) is 4.74 Å². The van der Waals surface area contributed by atoms with Crippen LogP contribution in [0.5, 0.6) is 0 Å². The average molecular weight is 355 g/mol. The maximum atomic E-state index is 14.4. The van der Waals surface area contributed by atoms with E-state index in [0.717, 1.165) is 11.8 Å². The van der Waals surface area contributed by atoms with E-state index in [0.29, 0.717) is 30.9 Å². The van der Waals surface area contributed by atoms with Gasteiger partial charge >= 0.3 is 0 Å². The number of ether oxygens (including phenoxy) is 1. The fourth-order valence-electron chi connectivity index (χ4n) is 3.39. The number of fused-ring (bicyclic) bond motifs is 1. The molecule has 2 aromatic heterocycles. The van der Waals surface area contributed by atoms with Gasteiger partial charge in [0.2, 0.25) is 0 Å². The van der Waals surface area contributed by atoms with E-state index in [2.05, 4.69) is 56.7 Å². The van der Waals surface area contributed by atoms with Crippen LogP contribution in [0.15, 0.2) is 36.8 Å². The number of benzene rings is 1. The van der Waals surface area contributed by atoms with E-state index in [1.807, 2.05) is 0 Å². The van der Waals surface area contributed by atoms with Gasteiger partial charge in [0.15, 0.2) is 5.65 Å². The summed E-state index contributed by atoms with van der Waals surface area (Å²) < 4.78 is 20.2. The van der Waals surface area contributed by atoms with E-state index in [1.54, 1.807) is 6.20 Å². The normalized spacial score (nSPS) is 22.8. The first-order valence-corrected chi connectivity index (χ1v) is 8.91. The number of halogens is 1. The van der Waals surface area contributed by atoms with E-state index < -0.39 is 6.17 Å². The van der Waals surface area contributed by atoms with Crippen LogP contribution < -0.4 is 5.32 Å². The number of H-pyrrole nitrogens is 1. The van der Waals surface area contributed by atoms with Crippen LogP contribution in [-0.2, 0) is 11.2 Å². The number of anilines is 1. The highest BCUT2D eigenvalue weighted by Gasteiger charge is 2.35. The highest BCUT2D eigenvalue weighted by atomic mass is 19.1. The van der Waals surface area contributed by atoms with Crippen LogP contribution in [0.25, 0.3) is 11.0 Å². The molecular formula is C19H22FN5O. The van der Waals surface area contributed by atoms with Gasteiger partial charge in [0.05, 0.1) is 24.3 Å². The Kier molecular flexibility index (Phi) is 4.79. The number of aryl methyl sites for hydroxylation is 1. The minimum Gasteiger partial charge on any atom is -0.375 e. The smallest absolute Gasteiger partial charge is 0.160 e. The van der Waals surface area contributed by atoms with Crippen molar-refractivity contribution in [3.63, 3.8) is 0 Å². The Labute approximate surface area is 151 Å². The van der Waals surface area contributed by atoms with Gasteiger partial charge in [-0.3, -0.25) is 5.10 Å². The van der Waals surface area contributed by atoms with Gasteiger partial charge in [-0.25, -0.2) is 14.4 Å². The number of hydrogen-bond donors (Lipinski definition) is 2. The Hall–Kier alpha value is -2.54. The van der Waals surface area contributed by atoms with Gasteiger partial charge < -0.3 is 10.1 Å². The number of nitrogens with one attached hydrogen (secondary N) is 2. The SMILES string of the molecule is Cc1ccc(CCO[C@@H]2C[C@@H](Nc3ncnc4[nH]ncc34)C[C@@H]2F)cc1. The van der Waals surface area contributed by atoms with Crippen LogP contribution in [0, 0.1) is 6.92 Å². The zero-order valence-corrected chi connectivity index (χ0v) is 14.7. The number of nitrogens with zero attached hydrogens (tertiary/aromatic N) is 3. The zero-order valence-electron chi connectivity index (χ0n) is 14.7. The molecular weight excluding hydrogens is 333 g/mol. The maximum absolute atomic E-state index is 14.4. The van der Waals surface area contributed by atoms with Gasteiger partial charge in [-0.15, -0.1) is 0 Å². The fourth-order valence-corrected chi connectivity index (χ4v) is 3.39. The second-order valence-corrected chi connectivity index (χ2v) is 6.83. The Morgan fingerprint density at radius 1 is 1.23 bits per heavy atom. The largest absolute Gasteiger partial charge is 0.375 e. The standard InChI is InChI=1S/C19H22FN5O/c1-12-2-4-13(5-3-12)6-7-26-17-9-14(8-16(17)20)24-18-15-10-23-25-19(15)22-11-21-18/h2-5,10-11,14,16-17H,6-9H2,1H3,(H2,21,22,23,24,25)/t14-,16-,17+/m0/s1. The van der Waals surface area contributed by atoms with Gasteiger partial charge in [0, 0.05) is 12.5 Å². The summed E-state index contributed by atoms with van der Waals surface area (Å²) in [7, 11) is 0. The number of aromatic nitrogens is 4. The molecule has 2 heterocycles. The number of rotatable bonds is 6. The molecule has 0 spiro atoms. The topological polar surface area (TPSA) is 75.7 Å². The van der Waals surface area contributed by atoms with E-state index in [1.165, 1.54) is 17.5 Å². The van der Waals surface area contributed by atoms with Gasteiger partial charge in [0.25, 0.3) is 0 Å². The third-order valence-electron chi connectivity index (χ3n) is 4.86. The molecule has 0 saturated heterocycles. The van der Waals surface area contributed by atoms with Crippen molar-refractivity contribution in [3.8, 4) is 0 Å². The molecule has 1 aliphatic carbocycles. The predicted octanol–water partition coefficient (Wildman–Crippen LogP) is 3.20. The lowest BCUT2D eigenvalue weighted by Crippen LogP contribution is -2.21. The quantitative estimate of drug-likeness (QED) is 0.710. The van der Waals surface area contributed by atoms with Crippen molar-refractivity contribution in [2.24, 2.45) is 0 Å². The summed E-state index contributed by atoms with van der Waals surface area (Å²) in [5.41, 5.74) is 3.12. The molecule has 26 heavy (non-hydrogen) atoms. The van der Waals surface area contributed by atoms with Crippen molar-refractivity contribution in [3.05, 3.63) is 47.9 Å². The van der Waals surface area contributed by atoms with Gasteiger partial charge in [-0.05, 0) is 25.3 Å². The Bertz CT molecular complexity index is 866. The van der Waals surface area contributed by atoms with Crippen molar-refractivity contribution in [1.29, 1.82) is 0 Å².